The Morgan fingerprint density at radius 1 is 1.33 bits per heavy atom. The van der Waals surface area contributed by atoms with Crippen molar-refractivity contribution >= 4 is 0 Å². The van der Waals surface area contributed by atoms with Crippen LogP contribution in [0, 0.1) is 5.92 Å². The van der Waals surface area contributed by atoms with Crippen LogP contribution in [0.25, 0.3) is 0 Å². The lowest BCUT2D eigenvalue weighted by Gasteiger charge is -2.33. The Bertz CT molecular complexity index is 227. The highest BCUT2D eigenvalue weighted by molar-refractivity contribution is 5.04. The summed E-state index contributed by atoms with van der Waals surface area (Å²) in [5.74, 6) is 0.913. The Kier molecular flexibility index (Phi) is 3.81. The van der Waals surface area contributed by atoms with Gasteiger partial charge in [-0.25, -0.2) is 0 Å². The van der Waals surface area contributed by atoms with Gasteiger partial charge in [-0.3, -0.25) is 4.90 Å². The molecule has 1 heterocycles. The van der Waals surface area contributed by atoms with E-state index in [4.69, 9.17) is 5.73 Å². The van der Waals surface area contributed by atoms with Crippen LogP contribution in [0.2, 0.25) is 0 Å². The van der Waals surface area contributed by atoms with Crippen molar-refractivity contribution in [1.82, 2.24) is 4.90 Å². The first kappa shape index (κ1) is 11.2. The summed E-state index contributed by atoms with van der Waals surface area (Å²) in [7, 11) is 0. The van der Waals surface area contributed by atoms with E-state index in [1.54, 1.807) is 5.57 Å². The molecule has 86 valence electrons. The maximum Gasteiger partial charge on any atom is 0.0190 e. The van der Waals surface area contributed by atoms with Gasteiger partial charge in [0.25, 0.3) is 0 Å². The second-order valence-corrected chi connectivity index (χ2v) is 5.36. The van der Waals surface area contributed by atoms with E-state index in [0.29, 0.717) is 6.04 Å². The van der Waals surface area contributed by atoms with Crippen LogP contribution in [0.15, 0.2) is 11.6 Å². The van der Waals surface area contributed by atoms with Crippen molar-refractivity contribution in [2.75, 3.05) is 19.6 Å². The minimum absolute atomic E-state index is 0.490. The largest absolute Gasteiger partial charge is 0.328 e. The van der Waals surface area contributed by atoms with Gasteiger partial charge in [-0.2, -0.15) is 0 Å². The van der Waals surface area contributed by atoms with Gasteiger partial charge in [0, 0.05) is 25.7 Å². The molecule has 0 aromatic carbocycles. The van der Waals surface area contributed by atoms with Crippen LogP contribution in [-0.2, 0) is 0 Å². The van der Waals surface area contributed by atoms with Gasteiger partial charge in [0.05, 0.1) is 0 Å². The summed E-state index contributed by atoms with van der Waals surface area (Å²) < 4.78 is 0. The van der Waals surface area contributed by atoms with Gasteiger partial charge >= 0.3 is 0 Å². The van der Waals surface area contributed by atoms with Crippen molar-refractivity contribution in [3.05, 3.63) is 11.6 Å². The van der Waals surface area contributed by atoms with Crippen LogP contribution in [0.4, 0.5) is 0 Å². The van der Waals surface area contributed by atoms with Gasteiger partial charge < -0.3 is 5.73 Å². The zero-order chi connectivity index (χ0) is 10.7. The summed E-state index contributed by atoms with van der Waals surface area (Å²) >= 11 is 0. The van der Waals surface area contributed by atoms with Crippen molar-refractivity contribution < 1.29 is 0 Å². The second-order valence-electron chi connectivity index (χ2n) is 5.36. The second kappa shape index (κ2) is 5.13. The summed E-state index contributed by atoms with van der Waals surface area (Å²) in [4.78, 5) is 2.62. The predicted octanol–water partition coefficient (Wildman–Crippen LogP) is 2.16. The van der Waals surface area contributed by atoms with Crippen LogP contribution in [-0.4, -0.2) is 30.6 Å². The monoisotopic (exact) mass is 208 g/mol. The Balaban J connectivity index is 1.75. The third-order valence-electron chi connectivity index (χ3n) is 3.82. The average Bonchev–Trinajstić information content (AvgIpc) is 2.22. The molecule has 0 aromatic heterocycles. The van der Waals surface area contributed by atoms with Gasteiger partial charge in [0.15, 0.2) is 0 Å². The summed E-state index contributed by atoms with van der Waals surface area (Å²) in [6, 6.07) is 0.490. The third-order valence-corrected chi connectivity index (χ3v) is 3.82. The average molecular weight is 208 g/mol. The van der Waals surface area contributed by atoms with Crippen molar-refractivity contribution in [3.63, 3.8) is 0 Å². The maximum absolute atomic E-state index is 5.93. The Hall–Kier alpha value is -0.340. The van der Waals surface area contributed by atoms with E-state index < -0.39 is 0 Å². The molecule has 15 heavy (non-hydrogen) atoms. The lowest BCUT2D eigenvalue weighted by Crippen LogP contribution is -2.37. The molecule has 2 heteroatoms. The Morgan fingerprint density at radius 3 is 2.73 bits per heavy atom. The number of hydrogen-bond acceptors (Lipinski definition) is 2. The zero-order valence-electron chi connectivity index (χ0n) is 9.91. The molecule has 0 spiro atoms. The van der Waals surface area contributed by atoms with Crippen LogP contribution >= 0.6 is 0 Å². The molecular formula is C13H24N2. The molecule has 2 aliphatic rings. The maximum atomic E-state index is 5.93. The smallest absolute Gasteiger partial charge is 0.0190 e. The summed E-state index contributed by atoms with van der Waals surface area (Å²) in [5.41, 5.74) is 7.48. The van der Waals surface area contributed by atoms with E-state index in [9.17, 15) is 0 Å². The van der Waals surface area contributed by atoms with Gasteiger partial charge in [-0.1, -0.05) is 11.6 Å². The SMILES string of the molecule is CC1=CCCN(CC2CCC(N)CC2)C1. The Labute approximate surface area is 93.5 Å². The van der Waals surface area contributed by atoms with Crippen molar-refractivity contribution in [2.45, 2.75) is 45.1 Å². The fourth-order valence-corrected chi connectivity index (χ4v) is 2.88. The normalized spacial score (nSPS) is 33.9. The molecule has 0 aromatic rings. The first-order valence-electron chi connectivity index (χ1n) is 6.37. The summed E-state index contributed by atoms with van der Waals surface area (Å²) in [5, 5.41) is 0. The van der Waals surface area contributed by atoms with Crippen LogP contribution in [0.3, 0.4) is 0 Å². The zero-order valence-corrected chi connectivity index (χ0v) is 9.91. The molecule has 1 aliphatic carbocycles. The van der Waals surface area contributed by atoms with Crippen molar-refractivity contribution in [2.24, 2.45) is 11.7 Å². The van der Waals surface area contributed by atoms with E-state index in [2.05, 4.69) is 17.9 Å². The molecule has 0 radical (unpaired) electrons. The number of hydrogen-bond donors (Lipinski definition) is 1. The number of nitrogens with two attached hydrogens (primary N) is 1. The summed E-state index contributed by atoms with van der Waals surface area (Å²) in [6.07, 6.45) is 8.81. The highest BCUT2D eigenvalue weighted by Crippen LogP contribution is 2.24. The molecule has 1 aliphatic heterocycles. The van der Waals surface area contributed by atoms with Gasteiger partial charge in [0.1, 0.15) is 0 Å². The summed E-state index contributed by atoms with van der Waals surface area (Å²) in [6.45, 7) is 6.02. The fourth-order valence-electron chi connectivity index (χ4n) is 2.88. The molecular weight excluding hydrogens is 184 g/mol. The quantitative estimate of drug-likeness (QED) is 0.705. The first-order valence-corrected chi connectivity index (χ1v) is 6.37. The molecule has 0 saturated heterocycles. The van der Waals surface area contributed by atoms with Gasteiger partial charge in [-0.05, 0) is 44.9 Å². The molecule has 0 atom stereocenters. The molecule has 0 amide bonds. The van der Waals surface area contributed by atoms with E-state index in [1.165, 1.54) is 51.7 Å². The lowest BCUT2D eigenvalue weighted by atomic mass is 9.86. The highest BCUT2D eigenvalue weighted by atomic mass is 15.1. The standard InChI is InChI=1S/C13H24N2/c1-11-3-2-8-15(9-11)10-12-4-6-13(14)7-5-12/h3,12-13H,2,4-10,14H2,1H3. The first-order chi connectivity index (χ1) is 7.24. The molecule has 2 N–H and O–H groups in total. The van der Waals surface area contributed by atoms with Crippen LogP contribution in [0.1, 0.15) is 39.0 Å². The topological polar surface area (TPSA) is 29.3 Å². The van der Waals surface area contributed by atoms with Gasteiger partial charge in [-0.15, -0.1) is 0 Å². The van der Waals surface area contributed by atoms with Crippen molar-refractivity contribution in [3.8, 4) is 0 Å². The minimum atomic E-state index is 0.490. The Morgan fingerprint density at radius 2 is 2.07 bits per heavy atom. The lowest BCUT2D eigenvalue weighted by molar-refractivity contribution is 0.202. The molecule has 2 rings (SSSR count). The van der Waals surface area contributed by atoms with E-state index in [-0.39, 0.29) is 0 Å². The highest BCUT2D eigenvalue weighted by Gasteiger charge is 2.21. The van der Waals surface area contributed by atoms with E-state index in [0.717, 1.165) is 5.92 Å². The van der Waals surface area contributed by atoms with Crippen LogP contribution in [0.5, 0.6) is 0 Å². The van der Waals surface area contributed by atoms with Crippen LogP contribution < -0.4 is 5.73 Å². The van der Waals surface area contributed by atoms with Crippen molar-refractivity contribution in [1.29, 1.82) is 0 Å². The molecule has 2 nitrogen and oxygen atoms in total. The minimum Gasteiger partial charge on any atom is -0.328 e. The molecule has 1 fully saturated rings. The van der Waals surface area contributed by atoms with Gasteiger partial charge in [0.2, 0.25) is 0 Å². The number of nitrogens with zero attached hydrogens (tertiary/aromatic N) is 1. The van der Waals surface area contributed by atoms with E-state index >= 15 is 0 Å². The third kappa shape index (κ3) is 3.32. The molecule has 1 saturated carbocycles. The predicted molar refractivity (Wildman–Crippen MR) is 64.7 cm³/mol. The molecule has 0 unspecified atom stereocenters. The molecule has 0 bridgehead atoms. The van der Waals surface area contributed by atoms with E-state index in [1.807, 2.05) is 0 Å². The number of rotatable bonds is 2. The fraction of sp³-hybridized carbons (Fsp3) is 0.846.